The molecular weight excluding hydrogens is 260 g/mol. The number of H-pyrrole nitrogens is 2. The fraction of sp³-hybridized carbons (Fsp3) is 0.154. The second kappa shape index (κ2) is 5.87. The summed E-state index contributed by atoms with van der Waals surface area (Å²) in [6.45, 7) is 0.376. The Morgan fingerprint density at radius 1 is 1.20 bits per heavy atom. The van der Waals surface area contributed by atoms with Gasteiger partial charge in [-0.15, -0.1) is 0 Å². The van der Waals surface area contributed by atoms with Gasteiger partial charge in [0.25, 0.3) is 11.5 Å². The molecule has 104 valence electrons. The number of carbonyl (C=O) groups is 1. The summed E-state index contributed by atoms with van der Waals surface area (Å²) in [4.78, 5) is 38.2. The second-order valence-electron chi connectivity index (χ2n) is 4.23. The van der Waals surface area contributed by atoms with Crippen molar-refractivity contribution in [3.8, 4) is 0 Å². The predicted octanol–water partition coefficient (Wildman–Crippen LogP) is -0.382. The number of carbonyl (C=O) groups excluding carboxylic acids is 1. The minimum absolute atomic E-state index is 0.123. The van der Waals surface area contributed by atoms with E-state index in [0.29, 0.717) is 18.7 Å². The quantitative estimate of drug-likeness (QED) is 0.568. The van der Waals surface area contributed by atoms with Gasteiger partial charge in [0.2, 0.25) is 0 Å². The van der Waals surface area contributed by atoms with E-state index in [4.69, 9.17) is 5.73 Å². The molecule has 2 aromatic rings. The molecule has 0 fully saturated rings. The number of nitrogens with two attached hydrogens (primary N) is 1. The molecule has 0 saturated heterocycles. The van der Waals surface area contributed by atoms with E-state index in [9.17, 15) is 14.4 Å². The number of nitrogens with one attached hydrogen (secondary N) is 3. The minimum atomic E-state index is -0.710. The van der Waals surface area contributed by atoms with Crippen LogP contribution in [-0.2, 0) is 6.42 Å². The van der Waals surface area contributed by atoms with E-state index < -0.39 is 17.2 Å². The zero-order chi connectivity index (χ0) is 14.5. The largest absolute Gasteiger partial charge is 0.399 e. The lowest BCUT2D eigenvalue weighted by Crippen LogP contribution is -2.34. The Bertz CT molecular complexity index is 715. The fourth-order valence-corrected chi connectivity index (χ4v) is 1.68. The summed E-state index contributed by atoms with van der Waals surface area (Å²) in [5, 5.41) is 2.61. The molecule has 1 aromatic heterocycles. The molecule has 0 atom stereocenters. The van der Waals surface area contributed by atoms with Crippen LogP contribution < -0.4 is 22.3 Å². The van der Waals surface area contributed by atoms with Crippen LogP contribution in [0, 0.1) is 0 Å². The van der Waals surface area contributed by atoms with Crippen LogP contribution in [0.4, 0.5) is 5.69 Å². The molecule has 5 N–H and O–H groups in total. The van der Waals surface area contributed by atoms with Crippen LogP contribution >= 0.6 is 0 Å². The number of amides is 1. The standard InChI is InChI=1S/C13H14N4O3/c14-9-3-1-8(2-4-9)5-6-15-11(18)10-7-16-13(20)17-12(10)19/h1-4,7H,5-6,14H2,(H,15,18)(H2,16,17,19,20). The number of anilines is 1. The zero-order valence-corrected chi connectivity index (χ0v) is 10.6. The number of aromatic amines is 2. The lowest BCUT2D eigenvalue weighted by Gasteiger charge is -2.05. The predicted molar refractivity (Wildman–Crippen MR) is 74.6 cm³/mol. The molecule has 0 aliphatic rings. The van der Waals surface area contributed by atoms with Crippen LogP contribution in [0.1, 0.15) is 15.9 Å². The monoisotopic (exact) mass is 274 g/mol. The third-order valence-corrected chi connectivity index (χ3v) is 2.74. The van der Waals surface area contributed by atoms with Gasteiger partial charge < -0.3 is 16.0 Å². The normalized spacial score (nSPS) is 10.2. The van der Waals surface area contributed by atoms with Crippen molar-refractivity contribution in [2.75, 3.05) is 12.3 Å². The molecule has 0 bridgehead atoms. The Labute approximate surface area is 113 Å². The second-order valence-corrected chi connectivity index (χ2v) is 4.23. The van der Waals surface area contributed by atoms with Gasteiger partial charge in [0.15, 0.2) is 0 Å². The van der Waals surface area contributed by atoms with Gasteiger partial charge in [-0.3, -0.25) is 14.6 Å². The maximum atomic E-state index is 11.7. The van der Waals surface area contributed by atoms with Gasteiger partial charge in [0.05, 0.1) is 0 Å². The maximum absolute atomic E-state index is 11.7. The molecule has 1 heterocycles. The van der Waals surface area contributed by atoms with Gasteiger partial charge in [-0.05, 0) is 24.1 Å². The number of nitrogen functional groups attached to an aromatic ring is 1. The van der Waals surface area contributed by atoms with Crippen molar-refractivity contribution < 1.29 is 4.79 Å². The van der Waals surface area contributed by atoms with Gasteiger partial charge >= 0.3 is 5.69 Å². The molecule has 1 amide bonds. The van der Waals surface area contributed by atoms with Crippen molar-refractivity contribution in [3.63, 3.8) is 0 Å². The van der Waals surface area contributed by atoms with E-state index in [2.05, 4.69) is 10.3 Å². The van der Waals surface area contributed by atoms with E-state index in [1.54, 1.807) is 12.1 Å². The van der Waals surface area contributed by atoms with Crippen molar-refractivity contribution in [2.45, 2.75) is 6.42 Å². The van der Waals surface area contributed by atoms with Crippen LogP contribution in [0.5, 0.6) is 0 Å². The highest BCUT2D eigenvalue weighted by Gasteiger charge is 2.09. The third-order valence-electron chi connectivity index (χ3n) is 2.74. The smallest absolute Gasteiger partial charge is 0.325 e. The average Bonchev–Trinajstić information content (AvgIpc) is 2.41. The van der Waals surface area contributed by atoms with Gasteiger partial charge in [0.1, 0.15) is 5.56 Å². The van der Waals surface area contributed by atoms with E-state index in [0.717, 1.165) is 11.8 Å². The first-order valence-electron chi connectivity index (χ1n) is 6.01. The number of rotatable bonds is 4. The third kappa shape index (κ3) is 3.35. The molecule has 0 unspecified atom stereocenters. The lowest BCUT2D eigenvalue weighted by atomic mass is 10.1. The van der Waals surface area contributed by atoms with Crippen LogP contribution in [0.25, 0.3) is 0 Å². The average molecular weight is 274 g/mol. The van der Waals surface area contributed by atoms with Crippen LogP contribution in [0.3, 0.4) is 0 Å². The number of hydrogen-bond donors (Lipinski definition) is 4. The lowest BCUT2D eigenvalue weighted by molar-refractivity contribution is 0.0952. The SMILES string of the molecule is Nc1ccc(CCNC(=O)c2c[nH]c(=O)[nH]c2=O)cc1. The van der Waals surface area contributed by atoms with Gasteiger partial charge in [-0.1, -0.05) is 12.1 Å². The summed E-state index contributed by atoms with van der Waals surface area (Å²) in [5.41, 5.74) is 5.80. The molecule has 1 aromatic carbocycles. The number of hydrogen-bond acceptors (Lipinski definition) is 4. The first-order chi connectivity index (χ1) is 9.56. The molecule has 2 rings (SSSR count). The van der Waals surface area contributed by atoms with Crippen LogP contribution in [-0.4, -0.2) is 22.4 Å². The summed E-state index contributed by atoms with van der Waals surface area (Å²) < 4.78 is 0. The first kappa shape index (κ1) is 13.6. The molecule has 20 heavy (non-hydrogen) atoms. The van der Waals surface area contributed by atoms with Gasteiger partial charge in [-0.25, -0.2) is 4.79 Å². The molecule has 0 aliphatic heterocycles. The van der Waals surface area contributed by atoms with Crippen molar-refractivity contribution in [3.05, 3.63) is 62.4 Å². The summed E-state index contributed by atoms with van der Waals surface area (Å²) in [5.74, 6) is -0.530. The maximum Gasteiger partial charge on any atom is 0.325 e. The summed E-state index contributed by atoms with van der Waals surface area (Å²) >= 11 is 0. The van der Waals surface area contributed by atoms with Crippen molar-refractivity contribution in [1.29, 1.82) is 0 Å². The van der Waals surface area contributed by atoms with Gasteiger partial charge in [-0.2, -0.15) is 0 Å². The molecule has 7 heteroatoms. The van der Waals surface area contributed by atoms with E-state index in [1.165, 1.54) is 0 Å². The van der Waals surface area contributed by atoms with Crippen LogP contribution in [0.15, 0.2) is 40.1 Å². The van der Waals surface area contributed by atoms with E-state index in [1.807, 2.05) is 17.1 Å². The Hall–Kier alpha value is -2.83. The topological polar surface area (TPSA) is 121 Å². The highest BCUT2D eigenvalue weighted by atomic mass is 16.2. The highest BCUT2D eigenvalue weighted by Crippen LogP contribution is 2.05. The Balaban J connectivity index is 1.94. The van der Waals surface area contributed by atoms with E-state index >= 15 is 0 Å². The zero-order valence-electron chi connectivity index (χ0n) is 10.6. The number of aromatic nitrogens is 2. The summed E-state index contributed by atoms with van der Waals surface area (Å²) in [7, 11) is 0. The van der Waals surface area contributed by atoms with Crippen molar-refractivity contribution in [2.24, 2.45) is 0 Å². The van der Waals surface area contributed by atoms with Gasteiger partial charge in [0, 0.05) is 18.4 Å². The Morgan fingerprint density at radius 3 is 2.55 bits per heavy atom. The van der Waals surface area contributed by atoms with E-state index in [-0.39, 0.29) is 5.56 Å². The first-order valence-corrected chi connectivity index (χ1v) is 6.01. The molecule has 0 aliphatic carbocycles. The Morgan fingerprint density at radius 2 is 1.90 bits per heavy atom. The van der Waals surface area contributed by atoms with Crippen molar-refractivity contribution >= 4 is 11.6 Å². The molecule has 0 spiro atoms. The highest BCUT2D eigenvalue weighted by molar-refractivity contribution is 5.93. The number of benzene rings is 1. The Kier molecular flexibility index (Phi) is 3.99. The van der Waals surface area contributed by atoms with Crippen LogP contribution in [0.2, 0.25) is 0 Å². The molecule has 0 saturated carbocycles. The summed E-state index contributed by atoms with van der Waals surface area (Å²) in [6.07, 6.45) is 1.72. The fourth-order valence-electron chi connectivity index (χ4n) is 1.68. The minimum Gasteiger partial charge on any atom is -0.399 e. The molecular formula is C13H14N4O3. The molecule has 0 radical (unpaired) electrons. The summed E-state index contributed by atoms with van der Waals surface area (Å²) in [6, 6.07) is 7.30. The molecule has 7 nitrogen and oxygen atoms in total. The van der Waals surface area contributed by atoms with Crippen molar-refractivity contribution in [1.82, 2.24) is 15.3 Å².